The Morgan fingerprint density at radius 1 is 1.09 bits per heavy atom. The fraction of sp³-hybridized carbons (Fsp3) is 0. The van der Waals surface area contributed by atoms with Crippen LogP contribution in [0.2, 0.25) is 0 Å². The van der Waals surface area contributed by atoms with Crippen LogP contribution in [0.1, 0.15) is 5.56 Å². The second-order valence-corrected chi connectivity index (χ2v) is 6.77. The maximum absolute atomic E-state index is 12.6. The molecule has 2 N–H and O–H groups in total. The van der Waals surface area contributed by atoms with Crippen LogP contribution in [0.5, 0.6) is 5.75 Å². The molecule has 7 heteroatoms. The molecule has 0 amide bonds. The van der Waals surface area contributed by atoms with Gasteiger partial charge in [-0.05, 0) is 42.5 Å². The van der Waals surface area contributed by atoms with Crippen molar-refractivity contribution in [1.29, 1.82) is 5.26 Å². The summed E-state index contributed by atoms with van der Waals surface area (Å²) in [5, 5.41) is 18.3. The van der Waals surface area contributed by atoms with Crippen molar-refractivity contribution < 1.29 is 13.5 Å². The Morgan fingerprint density at radius 3 is 2.43 bits per heavy atom. The Kier molecular flexibility index (Phi) is 3.39. The van der Waals surface area contributed by atoms with E-state index in [0.29, 0.717) is 11.1 Å². The van der Waals surface area contributed by atoms with E-state index in [1.807, 2.05) is 6.07 Å². The highest BCUT2D eigenvalue weighted by Gasteiger charge is 2.22. The quantitative estimate of drug-likeness (QED) is 0.747. The number of pyridine rings is 1. The Balaban J connectivity index is 2.24. The van der Waals surface area contributed by atoms with E-state index in [9.17, 15) is 18.3 Å². The molecule has 0 atom stereocenters. The number of sulfone groups is 1. The number of phenolic OH excluding ortho intramolecular Hbond substituents is 1. The Bertz CT molecular complexity index is 1110. The van der Waals surface area contributed by atoms with Gasteiger partial charge in [0.05, 0.1) is 21.9 Å². The summed E-state index contributed by atoms with van der Waals surface area (Å²) in [6.07, 6.45) is 1.13. The monoisotopic (exact) mass is 326 g/mol. The first-order valence-corrected chi connectivity index (χ1v) is 8.01. The molecule has 0 radical (unpaired) electrons. The third-order valence-corrected chi connectivity index (χ3v) is 5.19. The molecule has 3 aromatic rings. The van der Waals surface area contributed by atoms with Crippen molar-refractivity contribution in [2.75, 3.05) is 0 Å². The van der Waals surface area contributed by atoms with Gasteiger partial charge in [0.2, 0.25) is 15.3 Å². The van der Waals surface area contributed by atoms with E-state index >= 15 is 0 Å². The Hall–Kier alpha value is -3.11. The number of aromatic nitrogens is 1. The zero-order valence-corrected chi connectivity index (χ0v) is 12.5. The first kappa shape index (κ1) is 14.8. The third-order valence-electron chi connectivity index (χ3n) is 3.41. The highest BCUT2D eigenvalue weighted by atomic mass is 32.2. The van der Waals surface area contributed by atoms with Crippen molar-refractivity contribution in [2.24, 2.45) is 0 Å². The van der Waals surface area contributed by atoms with E-state index in [-0.39, 0.29) is 16.0 Å². The Morgan fingerprint density at radius 2 is 1.78 bits per heavy atom. The molecule has 0 spiro atoms. The van der Waals surface area contributed by atoms with Gasteiger partial charge in [-0.3, -0.25) is 4.79 Å². The number of rotatable bonds is 2. The molecule has 23 heavy (non-hydrogen) atoms. The number of benzene rings is 2. The minimum absolute atomic E-state index is 0.0819. The molecular formula is C16H10N2O4S. The van der Waals surface area contributed by atoms with Gasteiger partial charge in [0.25, 0.3) is 0 Å². The first-order valence-electron chi connectivity index (χ1n) is 6.53. The smallest absolute Gasteiger partial charge is 0.211 e. The number of aromatic hydroxyl groups is 1. The van der Waals surface area contributed by atoms with Crippen molar-refractivity contribution in [2.45, 2.75) is 9.79 Å². The second kappa shape index (κ2) is 5.26. The minimum Gasteiger partial charge on any atom is -0.508 e. The van der Waals surface area contributed by atoms with Crippen molar-refractivity contribution >= 4 is 20.7 Å². The van der Waals surface area contributed by atoms with Crippen LogP contribution in [0.4, 0.5) is 0 Å². The number of nitrogens with zero attached hydrogens (tertiary/aromatic N) is 1. The molecule has 0 unspecified atom stereocenters. The van der Waals surface area contributed by atoms with Gasteiger partial charge >= 0.3 is 0 Å². The van der Waals surface area contributed by atoms with Crippen molar-refractivity contribution in [3.05, 3.63) is 64.4 Å². The van der Waals surface area contributed by atoms with E-state index in [1.165, 1.54) is 42.5 Å². The molecule has 1 heterocycles. The van der Waals surface area contributed by atoms with Crippen LogP contribution in [0.25, 0.3) is 10.9 Å². The van der Waals surface area contributed by atoms with Crippen LogP contribution in [-0.4, -0.2) is 18.5 Å². The van der Waals surface area contributed by atoms with Gasteiger partial charge in [0.1, 0.15) is 10.6 Å². The number of nitrogens with one attached hydrogen (secondary N) is 1. The van der Waals surface area contributed by atoms with Crippen LogP contribution in [0.3, 0.4) is 0 Å². The molecule has 1 aromatic heterocycles. The highest BCUT2D eigenvalue weighted by Crippen LogP contribution is 2.21. The molecule has 0 aliphatic heterocycles. The number of hydrogen-bond acceptors (Lipinski definition) is 5. The Labute approximate surface area is 131 Å². The fourth-order valence-electron chi connectivity index (χ4n) is 2.22. The standard InChI is InChI=1S/C16H10N2O4S/c17-8-10-1-4-12(5-2-10)23(21,22)15-9-18-14-6-3-11(19)7-13(14)16(15)20/h1-7,9,19H,(H,18,20). The topological polar surface area (TPSA) is 111 Å². The van der Waals surface area contributed by atoms with Gasteiger partial charge in [-0.25, -0.2) is 8.42 Å². The molecule has 0 bridgehead atoms. The van der Waals surface area contributed by atoms with Gasteiger partial charge in [-0.2, -0.15) is 5.26 Å². The molecule has 2 aromatic carbocycles. The molecule has 114 valence electrons. The summed E-state index contributed by atoms with van der Waals surface area (Å²) >= 11 is 0. The van der Waals surface area contributed by atoms with E-state index in [0.717, 1.165) is 6.20 Å². The van der Waals surface area contributed by atoms with Crippen molar-refractivity contribution in [3.8, 4) is 11.8 Å². The minimum atomic E-state index is -4.03. The average Bonchev–Trinajstić information content (AvgIpc) is 2.55. The van der Waals surface area contributed by atoms with Gasteiger partial charge in [0.15, 0.2) is 0 Å². The first-order chi connectivity index (χ1) is 10.9. The third kappa shape index (κ3) is 2.45. The normalized spacial score (nSPS) is 11.3. The molecule has 0 saturated heterocycles. The predicted octanol–water partition coefficient (Wildman–Crippen LogP) is 1.94. The fourth-order valence-corrected chi connectivity index (χ4v) is 3.54. The molecule has 0 aliphatic rings. The summed E-state index contributed by atoms with van der Waals surface area (Å²) in [5.74, 6) is -0.129. The largest absolute Gasteiger partial charge is 0.508 e. The summed E-state index contributed by atoms with van der Waals surface area (Å²) < 4.78 is 25.2. The van der Waals surface area contributed by atoms with Crippen molar-refractivity contribution in [3.63, 3.8) is 0 Å². The van der Waals surface area contributed by atoms with Crippen LogP contribution < -0.4 is 5.43 Å². The number of fused-ring (bicyclic) bond motifs is 1. The average molecular weight is 326 g/mol. The molecule has 0 saturated carbocycles. The van der Waals surface area contributed by atoms with Crippen LogP contribution >= 0.6 is 0 Å². The van der Waals surface area contributed by atoms with E-state index in [1.54, 1.807) is 0 Å². The number of aromatic amines is 1. The lowest BCUT2D eigenvalue weighted by Crippen LogP contribution is -2.16. The number of hydrogen-bond donors (Lipinski definition) is 2. The molecule has 0 aliphatic carbocycles. The number of nitriles is 1. The van der Waals surface area contributed by atoms with Gasteiger partial charge < -0.3 is 10.1 Å². The zero-order chi connectivity index (χ0) is 16.6. The van der Waals surface area contributed by atoms with Gasteiger partial charge in [0, 0.05) is 11.7 Å². The summed E-state index contributed by atoms with van der Waals surface area (Å²) in [6.45, 7) is 0. The summed E-state index contributed by atoms with van der Waals surface area (Å²) in [4.78, 5) is 14.7. The zero-order valence-electron chi connectivity index (χ0n) is 11.6. The van der Waals surface area contributed by atoms with Crippen molar-refractivity contribution in [1.82, 2.24) is 4.98 Å². The van der Waals surface area contributed by atoms with Gasteiger partial charge in [-0.15, -0.1) is 0 Å². The molecule has 6 nitrogen and oxygen atoms in total. The summed E-state index contributed by atoms with van der Waals surface area (Å²) in [5.41, 5.74) is 0.0480. The molecular weight excluding hydrogens is 316 g/mol. The molecule has 0 fully saturated rings. The highest BCUT2D eigenvalue weighted by molar-refractivity contribution is 7.91. The SMILES string of the molecule is N#Cc1ccc(S(=O)(=O)c2c[nH]c3ccc(O)cc3c2=O)cc1. The number of phenols is 1. The maximum atomic E-state index is 12.6. The van der Waals surface area contributed by atoms with Crippen LogP contribution in [-0.2, 0) is 9.84 Å². The van der Waals surface area contributed by atoms with E-state index in [4.69, 9.17) is 5.26 Å². The predicted molar refractivity (Wildman–Crippen MR) is 82.8 cm³/mol. The molecule has 3 rings (SSSR count). The van der Waals surface area contributed by atoms with Gasteiger partial charge in [-0.1, -0.05) is 0 Å². The van der Waals surface area contributed by atoms with Crippen LogP contribution in [0.15, 0.2) is 63.2 Å². The lowest BCUT2D eigenvalue weighted by atomic mass is 10.2. The van der Waals surface area contributed by atoms with E-state index < -0.39 is 20.2 Å². The maximum Gasteiger partial charge on any atom is 0.211 e. The summed E-state index contributed by atoms with van der Waals surface area (Å²) in [6, 6.07) is 11.3. The second-order valence-electron chi connectivity index (χ2n) is 4.85. The lowest BCUT2D eigenvalue weighted by molar-refractivity contribution is 0.476. The lowest BCUT2D eigenvalue weighted by Gasteiger charge is -2.06. The van der Waals surface area contributed by atoms with E-state index in [2.05, 4.69) is 4.98 Å². The number of H-pyrrole nitrogens is 1. The summed E-state index contributed by atoms with van der Waals surface area (Å²) in [7, 11) is -4.03. The van der Waals surface area contributed by atoms with Crippen LogP contribution in [0, 0.1) is 11.3 Å².